The van der Waals surface area contributed by atoms with E-state index in [-0.39, 0.29) is 0 Å². The topological polar surface area (TPSA) is 78.7 Å². The van der Waals surface area contributed by atoms with E-state index in [1.165, 1.54) is 5.56 Å². The summed E-state index contributed by atoms with van der Waals surface area (Å²) >= 11 is 5.43. The number of hydrazone groups is 1. The molecule has 1 heterocycles. The van der Waals surface area contributed by atoms with Gasteiger partial charge in [0.1, 0.15) is 0 Å². The number of benzene rings is 2. The van der Waals surface area contributed by atoms with Crippen LogP contribution in [0.4, 0.5) is 5.69 Å². The summed E-state index contributed by atoms with van der Waals surface area (Å²) in [4.78, 5) is 0.295. The lowest BCUT2D eigenvalue weighted by atomic mass is 10.1. The van der Waals surface area contributed by atoms with Crippen molar-refractivity contribution >= 4 is 50.2 Å². The van der Waals surface area contributed by atoms with Crippen LogP contribution in [0, 0.1) is 20.8 Å². The highest BCUT2D eigenvalue weighted by Gasteiger charge is 2.24. The summed E-state index contributed by atoms with van der Waals surface area (Å²) in [7, 11) is -1.64. The third-order valence-electron chi connectivity index (χ3n) is 5.86. The highest BCUT2D eigenvalue weighted by molar-refractivity contribution is 7.89. The molecule has 0 aliphatic carbocycles. The van der Waals surface area contributed by atoms with E-state index in [1.807, 2.05) is 51.6 Å². The Morgan fingerprint density at radius 1 is 1.09 bits per heavy atom. The molecule has 1 aromatic heterocycles. The Kier molecular flexibility index (Phi) is 8.69. The second-order valence-corrected chi connectivity index (χ2v) is 11.2. The van der Waals surface area contributed by atoms with Gasteiger partial charge in [-0.2, -0.15) is 9.41 Å². The average molecular weight is 514 g/mol. The Labute approximate surface area is 214 Å². The van der Waals surface area contributed by atoms with Gasteiger partial charge in [-0.1, -0.05) is 31.5 Å². The minimum atomic E-state index is -3.57. The summed E-state index contributed by atoms with van der Waals surface area (Å²) in [6.07, 6.45) is 5.13. The van der Waals surface area contributed by atoms with Crippen molar-refractivity contribution in [3.05, 3.63) is 58.8 Å². The fraction of sp³-hybridized carbons (Fsp3) is 0.385. The van der Waals surface area contributed by atoms with Crippen LogP contribution in [0.1, 0.15) is 48.9 Å². The van der Waals surface area contributed by atoms with E-state index in [0.717, 1.165) is 46.1 Å². The van der Waals surface area contributed by atoms with Gasteiger partial charge in [-0.3, -0.25) is 5.43 Å². The predicted octanol–water partition coefficient (Wildman–Crippen LogP) is 5.23. The molecule has 0 saturated carbocycles. The normalized spacial score (nSPS) is 12.1. The van der Waals surface area contributed by atoms with Crippen LogP contribution in [0.5, 0.6) is 0 Å². The van der Waals surface area contributed by atoms with Crippen LogP contribution < -0.4 is 10.7 Å². The second-order valence-electron chi connectivity index (χ2n) is 8.88. The molecule has 9 heteroatoms. The molecule has 0 saturated heterocycles. The van der Waals surface area contributed by atoms with Gasteiger partial charge in [-0.15, -0.1) is 0 Å². The zero-order valence-electron chi connectivity index (χ0n) is 21.3. The maximum atomic E-state index is 13.3. The molecule has 0 radical (unpaired) electrons. The SMILES string of the molecule is CCCN(CCC)S(=O)(=O)c1ccc2c(c1)c(/C=N/NC(=S)Nc1c(C)cc(C)cc1C)cn2C. The number of anilines is 1. The first-order valence-corrected chi connectivity index (χ1v) is 13.7. The molecule has 35 heavy (non-hydrogen) atoms. The van der Waals surface area contributed by atoms with Gasteiger partial charge in [0, 0.05) is 48.5 Å². The number of sulfonamides is 1. The van der Waals surface area contributed by atoms with E-state index >= 15 is 0 Å². The standard InChI is InChI=1S/C26H35N5O2S2/c1-7-11-31(12-8-2)35(32,33)22-9-10-24-23(15-22)21(17-30(24)6)16-27-29-26(34)28-25-19(4)13-18(3)14-20(25)5/h9-10,13-17H,7-8,11-12H2,1-6H3,(H2,28,29,34)/b27-16+. The van der Waals surface area contributed by atoms with Crippen molar-refractivity contribution in [2.45, 2.75) is 52.4 Å². The van der Waals surface area contributed by atoms with Crippen LogP contribution in [0.2, 0.25) is 0 Å². The minimum Gasteiger partial charge on any atom is -0.350 e. The third-order valence-corrected chi connectivity index (χ3v) is 7.95. The van der Waals surface area contributed by atoms with E-state index in [9.17, 15) is 8.42 Å². The van der Waals surface area contributed by atoms with E-state index in [0.29, 0.717) is 23.1 Å². The van der Waals surface area contributed by atoms with Gasteiger partial charge in [0.05, 0.1) is 11.1 Å². The van der Waals surface area contributed by atoms with Crippen LogP contribution in [0.3, 0.4) is 0 Å². The molecule has 2 N–H and O–H groups in total. The van der Waals surface area contributed by atoms with Crippen molar-refractivity contribution in [2.24, 2.45) is 12.1 Å². The Hall–Kier alpha value is -2.75. The molecule has 3 aromatic rings. The quantitative estimate of drug-likeness (QED) is 0.233. The molecule has 3 rings (SSSR count). The van der Waals surface area contributed by atoms with Gasteiger partial charge in [0.15, 0.2) is 5.11 Å². The number of thiocarbonyl (C=S) groups is 1. The van der Waals surface area contributed by atoms with Crippen molar-refractivity contribution in [2.75, 3.05) is 18.4 Å². The number of nitrogens with zero attached hydrogens (tertiary/aromatic N) is 3. The van der Waals surface area contributed by atoms with Gasteiger partial charge in [-0.25, -0.2) is 8.42 Å². The second kappa shape index (κ2) is 11.3. The Balaban J connectivity index is 1.84. The molecule has 0 atom stereocenters. The number of fused-ring (bicyclic) bond motifs is 1. The van der Waals surface area contributed by atoms with Gasteiger partial charge in [0.2, 0.25) is 10.0 Å². The van der Waals surface area contributed by atoms with Crippen molar-refractivity contribution in [3.8, 4) is 0 Å². The Morgan fingerprint density at radius 3 is 2.31 bits per heavy atom. The summed E-state index contributed by atoms with van der Waals surface area (Å²) in [5.41, 5.74) is 8.99. The predicted molar refractivity (Wildman–Crippen MR) is 150 cm³/mol. The number of hydrogen-bond acceptors (Lipinski definition) is 4. The van der Waals surface area contributed by atoms with Crippen molar-refractivity contribution < 1.29 is 8.42 Å². The molecule has 0 amide bonds. The summed E-state index contributed by atoms with van der Waals surface area (Å²) in [5, 5.41) is 8.73. The lowest BCUT2D eigenvalue weighted by molar-refractivity contribution is 0.410. The molecule has 2 aromatic carbocycles. The van der Waals surface area contributed by atoms with Crippen LogP contribution in [-0.4, -0.2) is 41.7 Å². The number of aryl methyl sites for hydroxylation is 4. The van der Waals surface area contributed by atoms with Crippen LogP contribution >= 0.6 is 12.2 Å². The summed E-state index contributed by atoms with van der Waals surface area (Å²) < 4.78 is 30.1. The molecule has 7 nitrogen and oxygen atoms in total. The highest BCUT2D eigenvalue weighted by atomic mass is 32.2. The number of rotatable bonds is 9. The van der Waals surface area contributed by atoms with E-state index in [4.69, 9.17) is 12.2 Å². The summed E-state index contributed by atoms with van der Waals surface area (Å²) in [6, 6.07) is 9.47. The zero-order chi connectivity index (χ0) is 25.8. The van der Waals surface area contributed by atoms with Crippen LogP contribution in [0.25, 0.3) is 10.9 Å². The molecule has 0 fully saturated rings. The largest absolute Gasteiger partial charge is 0.350 e. The van der Waals surface area contributed by atoms with E-state index < -0.39 is 10.0 Å². The highest BCUT2D eigenvalue weighted by Crippen LogP contribution is 2.26. The third kappa shape index (κ3) is 6.09. The monoisotopic (exact) mass is 513 g/mol. The molecule has 0 bridgehead atoms. The maximum absolute atomic E-state index is 13.3. The van der Waals surface area contributed by atoms with Crippen molar-refractivity contribution in [1.82, 2.24) is 14.3 Å². The average Bonchev–Trinajstić information content (AvgIpc) is 3.11. The number of hydrogen-bond donors (Lipinski definition) is 2. The van der Waals surface area contributed by atoms with E-state index in [1.54, 1.807) is 22.7 Å². The van der Waals surface area contributed by atoms with Gasteiger partial charge in [0.25, 0.3) is 0 Å². The number of nitrogens with one attached hydrogen (secondary N) is 2. The van der Waals surface area contributed by atoms with Gasteiger partial charge in [-0.05, 0) is 75.2 Å². The van der Waals surface area contributed by atoms with Gasteiger partial charge >= 0.3 is 0 Å². The first kappa shape index (κ1) is 26.8. The Bertz CT molecular complexity index is 1330. The minimum absolute atomic E-state index is 0.295. The molecule has 0 unspecified atom stereocenters. The molecule has 0 spiro atoms. The number of aromatic nitrogens is 1. The lowest BCUT2D eigenvalue weighted by Gasteiger charge is -2.21. The smallest absolute Gasteiger partial charge is 0.243 e. The summed E-state index contributed by atoms with van der Waals surface area (Å²) in [5.74, 6) is 0. The first-order chi connectivity index (χ1) is 16.6. The van der Waals surface area contributed by atoms with E-state index in [2.05, 4.69) is 34.9 Å². The lowest BCUT2D eigenvalue weighted by Crippen LogP contribution is -2.32. The Morgan fingerprint density at radius 2 is 1.71 bits per heavy atom. The molecular formula is C26H35N5O2S2. The van der Waals surface area contributed by atoms with Crippen molar-refractivity contribution in [1.29, 1.82) is 0 Å². The van der Waals surface area contributed by atoms with Crippen molar-refractivity contribution in [3.63, 3.8) is 0 Å². The maximum Gasteiger partial charge on any atom is 0.243 e. The van der Waals surface area contributed by atoms with Crippen LogP contribution in [0.15, 0.2) is 46.5 Å². The molecule has 0 aliphatic heterocycles. The fourth-order valence-corrected chi connectivity index (χ4v) is 6.15. The first-order valence-electron chi connectivity index (χ1n) is 11.9. The van der Waals surface area contributed by atoms with Gasteiger partial charge < -0.3 is 9.88 Å². The molecule has 188 valence electrons. The summed E-state index contributed by atoms with van der Waals surface area (Å²) in [6.45, 7) is 11.1. The fourth-order valence-electron chi connectivity index (χ4n) is 4.34. The zero-order valence-corrected chi connectivity index (χ0v) is 23.0. The molecular weight excluding hydrogens is 478 g/mol. The molecule has 0 aliphatic rings. The van der Waals surface area contributed by atoms with Crippen LogP contribution in [-0.2, 0) is 17.1 Å².